The highest BCUT2D eigenvalue weighted by atomic mass is 32.2. The summed E-state index contributed by atoms with van der Waals surface area (Å²) in [5.74, 6) is -0.383. The van der Waals surface area contributed by atoms with Crippen LogP contribution in [0, 0.1) is 23.1 Å². The van der Waals surface area contributed by atoms with Gasteiger partial charge in [-0.15, -0.1) is 11.8 Å². The molecule has 1 aromatic heterocycles. The van der Waals surface area contributed by atoms with Crippen molar-refractivity contribution in [3.8, 4) is 6.07 Å². The third-order valence-corrected chi connectivity index (χ3v) is 7.11. The van der Waals surface area contributed by atoms with Gasteiger partial charge in [0.05, 0.1) is 17.3 Å². The molecule has 1 unspecified atom stereocenters. The molecule has 35 heavy (non-hydrogen) atoms. The SMILES string of the molecule is CCOC(=O)/C(C#N)=C(\C=C1/SCC(C)CN1C(=O)OC(C)(C)C)c1cnc(C2(C)CC2)c(F)c1. The van der Waals surface area contributed by atoms with E-state index in [1.807, 2.05) is 19.9 Å². The molecule has 1 aliphatic carbocycles. The Bertz CT molecular complexity index is 1110. The molecule has 9 heteroatoms. The van der Waals surface area contributed by atoms with Crippen molar-refractivity contribution in [3.05, 3.63) is 46.0 Å². The molecule has 0 aromatic carbocycles. The van der Waals surface area contributed by atoms with Gasteiger partial charge in [-0.3, -0.25) is 9.88 Å². The molecule has 0 spiro atoms. The number of allylic oxidation sites excluding steroid dienone is 2. The number of carbonyl (C=O) groups excluding carboxylic acids is 2. The number of nitriles is 1. The van der Waals surface area contributed by atoms with Crippen LogP contribution in [0.2, 0.25) is 0 Å². The quantitative estimate of drug-likeness (QED) is 0.296. The normalized spacial score (nSPS) is 21.1. The van der Waals surface area contributed by atoms with Crippen LogP contribution in [-0.2, 0) is 19.7 Å². The predicted octanol–water partition coefficient (Wildman–Crippen LogP) is 5.57. The van der Waals surface area contributed by atoms with Gasteiger partial charge < -0.3 is 9.47 Å². The summed E-state index contributed by atoms with van der Waals surface area (Å²) < 4.78 is 25.8. The first-order valence-electron chi connectivity index (χ1n) is 11.7. The molecule has 7 nitrogen and oxygen atoms in total. The zero-order valence-corrected chi connectivity index (χ0v) is 21.9. The maximum absolute atomic E-state index is 15.1. The van der Waals surface area contributed by atoms with E-state index in [-0.39, 0.29) is 34.6 Å². The summed E-state index contributed by atoms with van der Waals surface area (Å²) in [6.07, 6.45) is 4.21. The smallest absolute Gasteiger partial charge is 0.415 e. The summed E-state index contributed by atoms with van der Waals surface area (Å²) in [6, 6.07) is 3.20. The molecule has 1 saturated heterocycles. The van der Waals surface area contributed by atoms with E-state index in [2.05, 4.69) is 4.98 Å². The van der Waals surface area contributed by atoms with Crippen LogP contribution >= 0.6 is 11.8 Å². The van der Waals surface area contributed by atoms with Gasteiger partial charge in [0, 0.05) is 35.0 Å². The monoisotopic (exact) mass is 501 g/mol. The van der Waals surface area contributed by atoms with Gasteiger partial charge in [0.1, 0.15) is 23.1 Å². The van der Waals surface area contributed by atoms with Gasteiger partial charge >= 0.3 is 12.1 Å². The molecule has 2 fully saturated rings. The Labute approximate surface area is 210 Å². The maximum Gasteiger partial charge on any atom is 0.415 e. The lowest BCUT2D eigenvalue weighted by molar-refractivity contribution is -0.137. The van der Waals surface area contributed by atoms with Gasteiger partial charge in [0.2, 0.25) is 0 Å². The second-order valence-corrected chi connectivity index (χ2v) is 11.3. The van der Waals surface area contributed by atoms with E-state index in [4.69, 9.17) is 9.47 Å². The Balaban J connectivity index is 2.13. The topological polar surface area (TPSA) is 92.5 Å². The first kappa shape index (κ1) is 26.7. The van der Waals surface area contributed by atoms with Gasteiger partial charge in [0.15, 0.2) is 0 Å². The number of rotatable bonds is 5. The van der Waals surface area contributed by atoms with Gasteiger partial charge in [-0.05, 0) is 58.6 Å². The molecule has 1 saturated carbocycles. The average molecular weight is 502 g/mol. The Morgan fingerprint density at radius 3 is 2.63 bits per heavy atom. The molecule has 2 aliphatic rings. The van der Waals surface area contributed by atoms with Crippen molar-refractivity contribution in [2.24, 2.45) is 5.92 Å². The Kier molecular flexibility index (Phi) is 7.95. The van der Waals surface area contributed by atoms with Crippen LogP contribution in [0.3, 0.4) is 0 Å². The minimum absolute atomic E-state index is 0.0774. The fourth-order valence-corrected chi connectivity index (χ4v) is 4.72. The molecule has 1 aliphatic heterocycles. The van der Waals surface area contributed by atoms with Crippen LogP contribution < -0.4 is 0 Å². The third-order valence-electron chi connectivity index (χ3n) is 5.74. The molecule has 188 valence electrons. The van der Waals surface area contributed by atoms with Gasteiger partial charge in [-0.25, -0.2) is 14.0 Å². The molecule has 0 bridgehead atoms. The number of carbonyl (C=O) groups is 2. The van der Waals surface area contributed by atoms with E-state index < -0.39 is 23.5 Å². The fraction of sp³-hybridized carbons (Fsp3) is 0.538. The van der Waals surface area contributed by atoms with E-state index in [0.29, 0.717) is 17.3 Å². The van der Waals surface area contributed by atoms with Crippen LogP contribution in [0.15, 0.2) is 28.9 Å². The van der Waals surface area contributed by atoms with E-state index in [0.717, 1.165) is 18.6 Å². The van der Waals surface area contributed by atoms with Gasteiger partial charge in [0.25, 0.3) is 0 Å². The lowest BCUT2D eigenvalue weighted by atomic mass is 9.98. The largest absolute Gasteiger partial charge is 0.462 e. The molecule has 1 amide bonds. The number of thioether (sulfide) groups is 1. The maximum atomic E-state index is 15.1. The predicted molar refractivity (Wildman–Crippen MR) is 133 cm³/mol. The van der Waals surface area contributed by atoms with Crippen LogP contribution in [0.1, 0.15) is 65.6 Å². The van der Waals surface area contributed by atoms with Crippen LogP contribution in [0.25, 0.3) is 5.57 Å². The van der Waals surface area contributed by atoms with Crippen molar-refractivity contribution in [1.82, 2.24) is 9.88 Å². The van der Waals surface area contributed by atoms with Gasteiger partial charge in [-0.2, -0.15) is 5.26 Å². The number of hydrogen-bond donors (Lipinski definition) is 0. The Morgan fingerprint density at radius 2 is 2.09 bits per heavy atom. The molecule has 0 radical (unpaired) electrons. The second-order valence-electron chi connectivity index (χ2n) is 10.2. The number of nitrogens with zero attached hydrogens (tertiary/aromatic N) is 3. The van der Waals surface area contributed by atoms with Gasteiger partial charge in [-0.1, -0.05) is 13.8 Å². The number of aromatic nitrogens is 1. The summed E-state index contributed by atoms with van der Waals surface area (Å²) >= 11 is 1.41. The van der Waals surface area contributed by atoms with E-state index in [1.54, 1.807) is 33.8 Å². The number of amides is 1. The average Bonchev–Trinajstić information content (AvgIpc) is 3.51. The van der Waals surface area contributed by atoms with Crippen molar-refractivity contribution in [1.29, 1.82) is 5.26 Å². The third kappa shape index (κ3) is 6.43. The lowest BCUT2D eigenvalue weighted by Crippen LogP contribution is -2.40. The summed E-state index contributed by atoms with van der Waals surface area (Å²) in [5, 5.41) is 10.4. The molecular formula is C26H32FN3O4S. The van der Waals surface area contributed by atoms with Crippen LogP contribution in [0.4, 0.5) is 9.18 Å². The van der Waals surface area contributed by atoms with Crippen LogP contribution in [-0.4, -0.2) is 46.5 Å². The minimum Gasteiger partial charge on any atom is -0.462 e. The summed E-state index contributed by atoms with van der Waals surface area (Å²) in [7, 11) is 0. The summed E-state index contributed by atoms with van der Waals surface area (Å²) in [5.41, 5.74) is -0.482. The molecule has 1 aromatic rings. The Morgan fingerprint density at radius 1 is 1.40 bits per heavy atom. The molecule has 2 heterocycles. The van der Waals surface area contributed by atoms with Crippen molar-refractivity contribution in [2.45, 2.75) is 65.4 Å². The van der Waals surface area contributed by atoms with Crippen molar-refractivity contribution >= 4 is 29.4 Å². The number of hydrogen-bond acceptors (Lipinski definition) is 7. The summed E-state index contributed by atoms with van der Waals surface area (Å²) in [6.45, 7) is 11.4. The molecule has 0 N–H and O–H groups in total. The molecular weight excluding hydrogens is 469 g/mol. The first-order valence-corrected chi connectivity index (χ1v) is 12.7. The molecule has 1 atom stereocenters. The highest BCUT2D eigenvalue weighted by Crippen LogP contribution is 2.47. The second kappa shape index (κ2) is 10.4. The Hall–Kier alpha value is -2.86. The van der Waals surface area contributed by atoms with Crippen LogP contribution in [0.5, 0.6) is 0 Å². The summed E-state index contributed by atoms with van der Waals surface area (Å²) in [4.78, 5) is 31.5. The number of halogens is 1. The number of pyridine rings is 1. The zero-order chi connectivity index (χ0) is 26.0. The lowest BCUT2D eigenvalue weighted by Gasteiger charge is -2.34. The first-order chi connectivity index (χ1) is 16.4. The van der Waals surface area contributed by atoms with E-state index in [9.17, 15) is 14.9 Å². The standard InChI is InChI=1S/C26H32FN3O4S/c1-7-33-23(31)19(12-28)18(17-10-20(27)22(29-13-17)26(6)8-9-26)11-21-30(14-16(2)15-35-21)24(32)34-25(3,4)5/h10-11,13,16H,7-9,14-15H2,1-6H3/b19-18+,21-11-. The highest BCUT2D eigenvalue weighted by Gasteiger charge is 2.42. The number of ether oxygens (including phenoxy) is 2. The molecule has 3 rings (SSSR count). The zero-order valence-electron chi connectivity index (χ0n) is 21.1. The van der Waals surface area contributed by atoms with E-state index >= 15 is 4.39 Å². The highest BCUT2D eigenvalue weighted by molar-refractivity contribution is 8.03. The number of esters is 1. The van der Waals surface area contributed by atoms with E-state index in [1.165, 1.54) is 28.9 Å². The van der Waals surface area contributed by atoms with Crippen molar-refractivity contribution in [2.75, 3.05) is 18.9 Å². The minimum atomic E-state index is -0.821. The van der Waals surface area contributed by atoms with Crippen molar-refractivity contribution < 1.29 is 23.5 Å². The fourth-order valence-electron chi connectivity index (χ4n) is 3.66. The van der Waals surface area contributed by atoms with Crippen molar-refractivity contribution in [3.63, 3.8) is 0 Å².